The van der Waals surface area contributed by atoms with E-state index < -0.39 is 9.73 Å². The molecule has 50 valence electrons. The molecule has 1 heterocycles. The SMILES string of the molecule is [B]N=S(C)(=O)C1COC1. The molecule has 1 unspecified atom stereocenters. The molecule has 3 nitrogen and oxygen atoms in total. The Balaban J connectivity index is 2.71. The smallest absolute Gasteiger partial charge is 0.273 e. The Bertz CT molecular complexity index is 205. The molecule has 0 saturated carbocycles. The van der Waals surface area contributed by atoms with E-state index in [9.17, 15) is 4.21 Å². The van der Waals surface area contributed by atoms with Gasteiger partial charge in [-0.15, -0.1) is 0 Å². The van der Waals surface area contributed by atoms with Crippen molar-refractivity contribution in [1.82, 2.24) is 0 Å². The van der Waals surface area contributed by atoms with Gasteiger partial charge >= 0.3 is 0 Å². The molecule has 0 aromatic rings. The molecular weight excluding hydrogens is 137 g/mol. The molecular formula is C4H8BNO2S. The fraction of sp³-hybridized carbons (Fsp3) is 1.00. The largest absolute Gasteiger partial charge is 0.379 e. The molecule has 0 bridgehead atoms. The molecule has 1 saturated heterocycles. The summed E-state index contributed by atoms with van der Waals surface area (Å²) in [7, 11) is 2.78. The number of ether oxygens (including phenoxy) is 1. The van der Waals surface area contributed by atoms with Crippen LogP contribution in [0.15, 0.2) is 4.27 Å². The van der Waals surface area contributed by atoms with Crippen molar-refractivity contribution < 1.29 is 8.95 Å². The third kappa shape index (κ3) is 1.27. The first-order valence-corrected chi connectivity index (χ1v) is 4.63. The van der Waals surface area contributed by atoms with Crippen LogP contribution in [0.25, 0.3) is 0 Å². The quantitative estimate of drug-likeness (QED) is 0.469. The maximum Gasteiger partial charge on any atom is 0.273 e. The Morgan fingerprint density at radius 1 is 1.78 bits per heavy atom. The van der Waals surface area contributed by atoms with E-state index in [1.807, 2.05) is 0 Å². The van der Waals surface area contributed by atoms with Gasteiger partial charge in [0, 0.05) is 16.0 Å². The lowest BCUT2D eigenvalue weighted by Crippen LogP contribution is -2.39. The lowest BCUT2D eigenvalue weighted by molar-refractivity contribution is 0.0431. The Hall–Kier alpha value is -0.0251. The monoisotopic (exact) mass is 145 g/mol. The zero-order valence-corrected chi connectivity index (χ0v) is 6.06. The maximum atomic E-state index is 11.2. The van der Waals surface area contributed by atoms with Gasteiger partial charge in [-0.2, -0.15) is 0 Å². The van der Waals surface area contributed by atoms with Gasteiger partial charge in [0.1, 0.15) is 0 Å². The highest BCUT2D eigenvalue weighted by Gasteiger charge is 2.25. The van der Waals surface area contributed by atoms with Crippen LogP contribution in [0, 0.1) is 0 Å². The van der Waals surface area contributed by atoms with E-state index in [0.717, 1.165) is 0 Å². The molecule has 1 rings (SSSR count). The number of rotatable bonds is 1. The van der Waals surface area contributed by atoms with Crippen molar-refractivity contribution >= 4 is 17.7 Å². The summed E-state index contributed by atoms with van der Waals surface area (Å²) in [5.41, 5.74) is 0. The molecule has 5 heteroatoms. The number of nitrogens with zero attached hydrogens (tertiary/aromatic N) is 1. The van der Waals surface area contributed by atoms with Gasteiger partial charge in [-0.05, 0) is 0 Å². The highest BCUT2D eigenvalue weighted by Crippen LogP contribution is 2.11. The van der Waals surface area contributed by atoms with Gasteiger partial charge in [0.25, 0.3) is 7.98 Å². The normalized spacial score (nSPS) is 26.3. The zero-order valence-electron chi connectivity index (χ0n) is 5.24. The molecule has 1 aliphatic rings. The van der Waals surface area contributed by atoms with Gasteiger partial charge in [0.2, 0.25) is 0 Å². The predicted molar refractivity (Wildman–Crippen MR) is 36.9 cm³/mol. The molecule has 0 aromatic heterocycles. The minimum atomic E-state index is -2.13. The Labute approximate surface area is 56.4 Å². The molecule has 0 spiro atoms. The van der Waals surface area contributed by atoms with Crippen molar-refractivity contribution in [3.63, 3.8) is 0 Å². The third-order valence-corrected chi connectivity index (χ3v) is 3.36. The fourth-order valence-corrected chi connectivity index (χ4v) is 1.42. The van der Waals surface area contributed by atoms with Crippen LogP contribution in [0.5, 0.6) is 0 Å². The average molecular weight is 145 g/mol. The van der Waals surface area contributed by atoms with Gasteiger partial charge in [-0.1, -0.05) is 0 Å². The number of hydrogen-bond acceptors (Lipinski definition) is 3. The van der Waals surface area contributed by atoms with Gasteiger partial charge in [0.15, 0.2) is 0 Å². The minimum Gasteiger partial charge on any atom is -0.379 e. The van der Waals surface area contributed by atoms with E-state index in [0.29, 0.717) is 13.2 Å². The van der Waals surface area contributed by atoms with E-state index in [1.165, 1.54) is 0 Å². The summed E-state index contributed by atoms with van der Waals surface area (Å²) in [4.78, 5) is 0. The second kappa shape index (κ2) is 2.30. The molecule has 0 amide bonds. The zero-order chi connectivity index (χ0) is 6.91. The predicted octanol–water partition coefficient (Wildman–Crippen LogP) is -0.433. The lowest BCUT2D eigenvalue weighted by Gasteiger charge is -2.26. The van der Waals surface area contributed by atoms with Crippen LogP contribution in [0.4, 0.5) is 0 Å². The van der Waals surface area contributed by atoms with Crippen molar-refractivity contribution in [1.29, 1.82) is 0 Å². The Morgan fingerprint density at radius 3 is 2.44 bits per heavy atom. The van der Waals surface area contributed by atoms with Gasteiger partial charge in [-0.25, -0.2) is 0 Å². The van der Waals surface area contributed by atoms with Crippen molar-refractivity contribution in [3.05, 3.63) is 0 Å². The highest BCUT2D eigenvalue weighted by molar-refractivity contribution is 7.94. The maximum absolute atomic E-state index is 11.2. The highest BCUT2D eigenvalue weighted by atomic mass is 32.2. The van der Waals surface area contributed by atoms with E-state index >= 15 is 0 Å². The van der Waals surface area contributed by atoms with Crippen molar-refractivity contribution in [2.75, 3.05) is 19.5 Å². The summed E-state index contributed by atoms with van der Waals surface area (Å²) >= 11 is 0. The second-order valence-corrected chi connectivity index (χ2v) is 4.73. The van der Waals surface area contributed by atoms with E-state index in [1.54, 1.807) is 6.26 Å². The Morgan fingerprint density at radius 2 is 2.33 bits per heavy atom. The van der Waals surface area contributed by atoms with Crippen molar-refractivity contribution in [3.8, 4) is 0 Å². The van der Waals surface area contributed by atoms with Crippen molar-refractivity contribution in [2.45, 2.75) is 5.25 Å². The summed E-state index contributed by atoms with van der Waals surface area (Å²) in [6.45, 7) is 1.08. The van der Waals surface area contributed by atoms with Crippen LogP contribution in [0.1, 0.15) is 0 Å². The molecule has 0 N–H and O–H groups in total. The van der Waals surface area contributed by atoms with Crippen molar-refractivity contribution in [2.24, 2.45) is 4.27 Å². The summed E-state index contributed by atoms with van der Waals surface area (Å²) in [5.74, 6) is 0. The Kier molecular flexibility index (Phi) is 1.81. The summed E-state index contributed by atoms with van der Waals surface area (Å²) in [6, 6.07) is 0. The standard InChI is InChI=1S/C4H8BNO2S/c1-9(7,6-5)4-2-8-3-4/h4H,2-3H2,1H3. The third-order valence-electron chi connectivity index (χ3n) is 1.44. The molecule has 9 heavy (non-hydrogen) atoms. The van der Waals surface area contributed by atoms with Crippen LogP contribution in [0.2, 0.25) is 0 Å². The fourth-order valence-electron chi connectivity index (χ4n) is 0.553. The first-order chi connectivity index (χ1) is 4.17. The second-order valence-electron chi connectivity index (χ2n) is 2.13. The summed E-state index contributed by atoms with van der Waals surface area (Å²) < 4.78 is 19.3. The van der Waals surface area contributed by atoms with Crippen LogP contribution in [0.3, 0.4) is 0 Å². The topological polar surface area (TPSA) is 38.7 Å². The van der Waals surface area contributed by atoms with Gasteiger partial charge < -0.3 is 9.01 Å². The first-order valence-electron chi connectivity index (χ1n) is 2.65. The van der Waals surface area contributed by atoms with Crippen LogP contribution in [-0.2, 0) is 14.5 Å². The molecule has 0 aromatic carbocycles. The summed E-state index contributed by atoms with van der Waals surface area (Å²) in [6.07, 6.45) is 1.56. The van der Waals surface area contributed by atoms with Crippen LogP contribution >= 0.6 is 0 Å². The molecule has 1 aliphatic heterocycles. The number of hydrogen-bond donors (Lipinski definition) is 0. The van der Waals surface area contributed by atoms with Gasteiger partial charge in [-0.3, -0.25) is 4.21 Å². The first kappa shape index (κ1) is 7.09. The molecule has 0 aliphatic carbocycles. The van der Waals surface area contributed by atoms with E-state index in [-0.39, 0.29) is 5.25 Å². The minimum absolute atomic E-state index is 0.0579. The van der Waals surface area contributed by atoms with E-state index in [2.05, 4.69) is 4.27 Å². The molecule has 2 radical (unpaired) electrons. The van der Waals surface area contributed by atoms with Gasteiger partial charge in [0.05, 0.1) is 18.5 Å². The lowest BCUT2D eigenvalue weighted by atomic mass is 10.4. The summed E-state index contributed by atoms with van der Waals surface area (Å²) in [5, 5.41) is 0.0579. The van der Waals surface area contributed by atoms with E-state index in [4.69, 9.17) is 12.7 Å². The van der Waals surface area contributed by atoms with Crippen LogP contribution in [-0.4, -0.2) is 36.9 Å². The average Bonchev–Trinajstić information content (AvgIpc) is 1.60. The molecule has 1 atom stereocenters. The molecule has 1 fully saturated rings. The van der Waals surface area contributed by atoms with Crippen LogP contribution < -0.4 is 0 Å².